The van der Waals surface area contributed by atoms with Gasteiger partial charge in [0.15, 0.2) is 0 Å². The third kappa shape index (κ3) is 3.43. The van der Waals surface area contributed by atoms with E-state index in [0.29, 0.717) is 31.0 Å². The third-order valence-electron chi connectivity index (χ3n) is 6.16. The fourth-order valence-corrected chi connectivity index (χ4v) is 4.54. The van der Waals surface area contributed by atoms with Crippen molar-refractivity contribution in [3.05, 3.63) is 54.1 Å². The van der Waals surface area contributed by atoms with Crippen molar-refractivity contribution in [3.8, 4) is 0 Å². The lowest BCUT2D eigenvalue weighted by molar-refractivity contribution is -0.148. The molecule has 4 heteroatoms. The fourth-order valence-electron chi connectivity index (χ4n) is 4.54. The summed E-state index contributed by atoms with van der Waals surface area (Å²) in [4.78, 5) is 12.3. The Hall–Kier alpha value is -2.07. The number of hydrogen-bond donors (Lipinski definition) is 1. The average Bonchev–Trinajstić information content (AvgIpc) is 2.61. The molecule has 0 aromatic heterocycles. The molecule has 3 rings (SSSR count). The summed E-state index contributed by atoms with van der Waals surface area (Å²) in [6.45, 7) is 9.65. The van der Waals surface area contributed by atoms with Gasteiger partial charge in [0.2, 0.25) is 0 Å². The molecule has 26 heavy (non-hydrogen) atoms. The molecule has 1 saturated heterocycles. The lowest BCUT2D eigenvalue weighted by Gasteiger charge is -2.54. The molecule has 4 nitrogen and oxygen atoms in total. The normalized spacial score (nSPS) is 33.6. The molecule has 0 spiro atoms. The monoisotopic (exact) mass is 355 g/mol. The Labute approximate surface area is 156 Å². The quantitative estimate of drug-likeness (QED) is 0.769. The van der Waals surface area contributed by atoms with Gasteiger partial charge in [-0.3, -0.25) is 5.32 Å². The minimum absolute atomic E-state index is 0.102. The maximum Gasteiger partial charge on any atom is 0.411 e. The molecule has 1 heterocycles. The van der Waals surface area contributed by atoms with Crippen molar-refractivity contribution in [1.29, 1.82) is 0 Å². The maximum absolute atomic E-state index is 12.3. The number of carbonyl (C=O) groups excluding carboxylic acids is 1. The predicted molar refractivity (Wildman–Crippen MR) is 104 cm³/mol. The van der Waals surface area contributed by atoms with E-state index < -0.39 is 6.09 Å². The summed E-state index contributed by atoms with van der Waals surface area (Å²) in [7, 11) is 0. The molecule has 2 bridgehead atoms. The Morgan fingerprint density at radius 3 is 2.77 bits per heavy atom. The van der Waals surface area contributed by atoms with Gasteiger partial charge in [0.1, 0.15) is 6.61 Å². The van der Waals surface area contributed by atoms with E-state index in [9.17, 15) is 4.79 Å². The maximum atomic E-state index is 12.3. The molecular formula is C22H29NO3. The number of nitrogens with one attached hydrogen (secondary N) is 1. The van der Waals surface area contributed by atoms with Crippen LogP contribution < -0.4 is 5.32 Å². The van der Waals surface area contributed by atoms with E-state index in [0.717, 1.165) is 5.69 Å². The molecule has 1 aliphatic heterocycles. The van der Waals surface area contributed by atoms with E-state index in [1.54, 1.807) is 0 Å². The van der Waals surface area contributed by atoms with Crippen LogP contribution >= 0.6 is 0 Å². The van der Waals surface area contributed by atoms with Crippen molar-refractivity contribution in [2.24, 2.45) is 23.2 Å². The van der Waals surface area contributed by atoms with Crippen molar-refractivity contribution in [1.82, 2.24) is 0 Å². The molecule has 1 aromatic rings. The van der Waals surface area contributed by atoms with E-state index >= 15 is 0 Å². The number of amides is 1. The number of ether oxygens (including phenoxy) is 2. The second-order valence-corrected chi connectivity index (χ2v) is 7.62. The molecule has 1 N–H and O–H groups in total. The van der Waals surface area contributed by atoms with Crippen molar-refractivity contribution < 1.29 is 14.3 Å². The SMILES string of the molecule is CC=CC1OCC2(COC(=O)Nc3ccccc3)C(C)C=C(C)C1C2C. The summed E-state index contributed by atoms with van der Waals surface area (Å²) in [5, 5.41) is 2.79. The summed E-state index contributed by atoms with van der Waals surface area (Å²) in [6.07, 6.45) is 6.22. The molecule has 2 aliphatic rings. The molecule has 1 fully saturated rings. The summed E-state index contributed by atoms with van der Waals surface area (Å²) in [6, 6.07) is 9.37. The Balaban J connectivity index is 1.73. The van der Waals surface area contributed by atoms with Crippen molar-refractivity contribution in [2.45, 2.75) is 33.8 Å². The van der Waals surface area contributed by atoms with Crippen LogP contribution in [0.25, 0.3) is 0 Å². The first kappa shape index (κ1) is 18.7. The minimum Gasteiger partial charge on any atom is -0.449 e. The van der Waals surface area contributed by atoms with E-state index in [1.165, 1.54) is 5.57 Å². The number of allylic oxidation sites excluding steroid dienone is 2. The highest BCUT2D eigenvalue weighted by Crippen LogP contribution is 2.52. The van der Waals surface area contributed by atoms with Crippen LogP contribution in [0, 0.1) is 23.2 Å². The van der Waals surface area contributed by atoms with Crippen LogP contribution in [0.4, 0.5) is 10.5 Å². The van der Waals surface area contributed by atoms with Crippen molar-refractivity contribution in [3.63, 3.8) is 0 Å². The van der Waals surface area contributed by atoms with Gasteiger partial charge in [-0.25, -0.2) is 4.79 Å². The average molecular weight is 355 g/mol. The first-order valence-electron chi connectivity index (χ1n) is 9.39. The number of hydrogen-bond acceptors (Lipinski definition) is 3. The van der Waals surface area contributed by atoms with Crippen LogP contribution in [0.5, 0.6) is 0 Å². The van der Waals surface area contributed by atoms with Crippen LogP contribution in [0.1, 0.15) is 27.7 Å². The number of carbonyl (C=O) groups is 1. The Bertz CT molecular complexity index is 697. The van der Waals surface area contributed by atoms with E-state index in [2.05, 4.69) is 44.3 Å². The van der Waals surface area contributed by atoms with Gasteiger partial charge in [-0.05, 0) is 37.8 Å². The van der Waals surface area contributed by atoms with Gasteiger partial charge in [0, 0.05) is 17.0 Å². The largest absolute Gasteiger partial charge is 0.449 e. The predicted octanol–water partition coefficient (Wildman–Crippen LogP) is 5.04. The van der Waals surface area contributed by atoms with Gasteiger partial charge in [0.25, 0.3) is 0 Å². The third-order valence-corrected chi connectivity index (χ3v) is 6.16. The lowest BCUT2D eigenvalue weighted by atomic mass is 9.56. The first-order chi connectivity index (χ1) is 12.5. The Kier molecular flexibility index (Phi) is 5.52. The molecule has 5 unspecified atom stereocenters. The van der Waals surface area contributed by atoms with Crippen molar-refractivity contribution >= 4 is 11.8 Å². The Morgan fingerprint density at radius 1 is 1.35 bits per heavy atom. The number of benzene rings is 1. The molecule has 140 valence electrons. The molecular weight excluding hydrogens is 326 g/mol. The van der Waals surface area contributed by atoms with Gasteiger partial charge in [-0.2, -0.15) is 0 Å². The van der Waals surface area contributed by atoms with Gasteiger partial charge in [-0.15, -0.1) is 0 Å². The Morgan fingerprint density at radius 2 is 2.08 bits per heavy atom. The van der Waals surface area contributed by atoms with Gasteiger partial charge in [-0.1, -0.05) is 55.8 Å². The zero-order valence-electron chi connectivity index (χ0n) is 16.1. The smallest absolute Gasteiger partial charge is 0.411 e. The van der Waals surface area contributed by atoms with Crippen LogP contribution in [-0.2, 0) is 9.47 Å². The summed E-state index contributed by atoms with van der Waals surface area (Å²) in [5.41, 5.74) is 1.93. The van der Waals surface area contributed by atoms with Crippen LogP contribution in [-0.4, -0.2) is 25.4 Å². The molecule has 1 aromatic carbocycles. The number of para-hydroxylation sites is 1. The van der Waals surface area contributed by atoms with Gasteiger partial charge >= 0.3 is 6.09 Å². The summed E-state index contributed by atoms with van der Waals surface area (Å²) in [5.74, 6) is 1.00. The number of fused-ring (bicyclic) bond motifs is 2. The number of rotatable bonds is 4. The fraction of sp³-hybridized carbons (Fsp3) is 0.500. The van der Waals surface area contributed by atoms with E-state index in [1.807, 2.05) is 37.3 Å². The zero-order chi connectivity index (χ0) is 18.7. The van der Waals surface area contributed by atoms with Gasteiger partial charge < -0.3 is 9.47 Å². The van der Waals surface area contributed by atoms with Crippen molar-refractivity contribution in [2.75, 3.05) is 18.5 Å². The topological polar surface area (TPSA) is 47.6 Å². The highest BCUT2D eigenvalue weighted by molar-refractivity contribution is 5.84. The lowest BCUT2D eigenvalue weighted by Crippen LogP contribution is -2.56. The van der Waals surface area contributed by atoms with E-state index in [-0.39, 0.29) is 11.5 Å². The molecule has 1 aliphatic carbocycles. The second kappa shape index (κ2) is 7.67. The summed E-state index contributed by atoms with van der Waals surface area (Å²) < 4.78 is 11.9. The molecule has 0 saturated carbocycles. The standard InChI is InChI=1S/C22H29NO3/c1-5-9-19-20-15(2)12-16(3)22(13-25-19,17(20)4)14-26-21(24)23-18-10-7-6-8-11-18/h5-12,16-17,19-20H,13-14H2,1-4H3,(H,23,24). The highest BCUT2D eigenvalue weighted by atomic mass is 16.6. The first-order valence-corrected chi connectivity index (χ1v) is 9.39. The van der Waals surface area contributed by atoms with Crippen LogP contribution in [0.3, 0.4) is 0 Å². The molecule has 0 radical (unpaired) electrons. The zero-order valence-corrected chi connectivity index (χ0v) is 16.1. The van der Waals surface area contributed by atoms with Crippen LogP contribution in [0.2, 0.25) is 0 Å². The highest BCUT2D eigenvalue weighted by Gasteiger charge is 2.53. The molecule has 5 atom stereocenters. The molecule has 1 amide bonds. The van der Waals surface area contributed by atoms with E-state index in [4.69, 9.17) is 9.47 Å². The summed E-state index contributed by atoms with van der Waals surface area (Å²) >= 11 is 0. The number of anilines is 1. The van der Waals surface area contributed by atoms with Gasteiger partial charge in [0.05, 0.1) is 12.7 Å². The second-order valence-electron chi connectivity index (χ2n) is 7.62. The minimum atomic E-state index is -0.414. The van der Waals surface area contributed by atoms with Crippen LogP contribution in [0.15, 0.2) is 54.1 Å².